The van der Waals surface area contributed by atoms with E-state index in [1.54, 1.807) is 30.0 Å². The average Bonchev–Trinajstić information content (AvgIpc) is 3.49. The number of nitrogens with one attached hydrogen (secondary N) is 3. The van der Waals surface area contributed by atoms with Gasteiger partial charge in [0, 0.05) is 17.5 Å². The number of benzene rings is 2. The molecule has 9 nitrogen and oxygen atoms in total. The Bertz CT molecular complexity index is 1490. The molecule has 3 aromatic heterocycles. The summed E-state index contributed by atoms with van der Waals surface area (Å²) in [5, 5.41) is 5.53. The van der Waals surface area contributed by atoms with Crippen LogP contribution in [0.15, 0.2) is 70.5 Å². The molecule has 0 saturated heterocycles. The summed E-state index contributed by atoms with van der Waals surface area (Å²) < 4.78 is 5.20. The first-order valence-corrected chi connectivity index (χ1v) is 12.0. The van der Waals surface area contributed by atoms with E-state index < -0.39 is 11.8 Å². The highest BCUT2D eigenvalue weighted by Crippen LogP contribution is 2.24. The summed E-state index contributed by atoms with van der Waals surface area (Å²) in [7, 11) is 0. The highest BCUT2D eigenvalue weighted by atomic mass is 32.2. The summed E-state index contributed by atoms with van der Waals surface area (Å²) in [6.45, 7) is 3.96. The topological polar surface area (TPSA) is 126 Å². The quantitative estimate of drug-likeness (QED) is 0.237. The van der Waals surface area contributed by atoms with Crippen molar-refractivity contribution in [3.63, 3.8) is 0 Å². The van der Waals surface area contributed by atoms with Crippen LogP contribution in [0.4, 0.5) is 0 Å². The number of nitrogens with zero attached hydrogens (tertiary/aromatic N) is 3. The zero-order chi connectivity index (χ0) is 24.4. The number of hydrogen-bond donors (Lipinski definition) is 3. The number of aromatic nitrogens is 4. The lowest BCUT2D eigenvalue weighted by atomic mass is 10.1. The zero-order valence-electron chi connectivity index (χ0n) is 19.0. The largest absolute Gasteiger partial charge is 0.336 e. The first-order valence-electron chi connectivity index (χ1n) is 11.0. The number of hydrogen-bond acceptors (Lipinski definition) is 7. The molecule has 0 fully saturated rings. The Morgan fingerprint density at radius 2 is 1.77 bits per heavy atom. The van der Waals surface area contributed by atoms with Gasteiger partial charge in [0.25, 0.3) is 17.5 Å². The molecule has 5 aromatic rings. The van der Waals surface area contributed by atoms with Crippen molar-refractivity contribution in [1.29, 1.82) is 0 Å². The van der Waals surface area contributed by atoms with Gasteiger partial charge in [-0.25, -0.2) is 9.97 Å². The van der Waals surface area contributed by atoms with Gasteiger partial charge in [-0.2, -0.15) is 0 Å². The van der Waals surface area contributed by atoms with E-state index in [2.05, 4.69) is 31.0 Å². The summed E-state index contributed by atoms with van der Waals surface area (Å²) in [4.78, 5) is 37.0. The lowest BCUT2D eigenvalue weighted by molar-refractivity contribution is 0.0846. The van der Waals surface area contributed by atoms with Crippen molar-refractivity contribution >= 4 is 45.7 Å². The summed E-state index contributed by atoms with van der Waals surface area (Å²) in [5.41, 5.74) is 9.67. The lowest BCUT2D eigenvalue weighted by Crippen LogP contribution is -2.41. The van der Waals surface area contributed by atoms with Crippen LogP contribution in [0.5, 0.6) is 0 Å². The van der Waals surface area contributed by atoms with Gasteiger partial charge < -0.3 is 9.51 Å². The standard InChI is InChI=1S/C25H22N6O3S/c1-14(2)21-18-11-17(12-26-24(18)34-31-21)23(33)30-29-22(32)16-9-7-15(8-10-16)13-35-25-27-19-5-3-4-6-20(19)28-25/h3-12,14H,13H2,1-2H3,(H,27,28)(H,29,32)(H,30,33). The molecule has 0 unspecified atom stereocenters. The number of hydrazine groups is 1. The van der Waals surface area contributed by atoms with Gasteiger partial charge >= 0.3 is 0 Å². The molecule has 10 heteroatoms. The van der Waals surface area contributed by atoms with E-state index in [4.69, 9.17) is 4.52 Å². The second-order valence-electron chi connectivity index (χ2n) is 8.25. The van der Waals surface area contributed by atoms with Crippen molar-refractivity contribution in [1.82, 2.24) is 31.0 Å². The van der Waals surface area contributed by atoms with Crippen molar-refractivity contribution in [3.05, 3.63) is 83.2 Å². The van der Waals surface area contributed by atoms with Crippen LogP contribution in [0.25, 0.3) is 22.1 Å². The maximum absolute atomic E-state index is 12.5. The third-order valence-corrected chi connectivity index (χ3v) is 6.36. The van der Waals surface area contributed by atoms with Gasteiger partial charge in [0.1, 0.15) is 0 Å². The Hall–Kier alpha value is -4.18. The third kappa shape index (κ3) is 4.87. The van der Waals surface area contributed by atoms with Crippen LogP contribution in [-0.4, -0.2) is 31.9 Å². The smallest absolute Gasteiger partial charge is 0.271 e. The van der Waals surface area contributed by atoms with Crippen LogP contribution in [-0.2, 0) is 5.75 Å². The monoisotopic (exact) mass is 486 g/mol. The van der Waals surface area contributed by atoms with Crippen molar-refractivity contribution in [2.45, 2.75) is 30.7 Å². The molecule has 35 heavy (non-hydrogen) atoms. The van der Waals surface area contributed by atoms with E-state index >= 15 is 0 Å². The van der Waals surface area contributed by atoms with E-state index in [1.807, 2.05) is 50.2 Å². The van der Waals surface area contributed by atoms with Gasteiger partial charge in [-0.15, -0.1) is 0 Å². The number of para-hydroxylation sites is 2. The number of thioether (sulfide) groups is 1. The van der Waals surface area contributed by atoms with Gasteiger partial charge in [0.2, 0.25) is 0 Å². The number of rotatable bonds is 6. The third-order valence-electron chi connectivity index (χ3n) is 5.42. The summed E-state index contributed by atoms with van der Waals surface area (Å²) >= 11 is 1.59. The summed E-state index contributed by atoms with van der Waals surface area (Å²) in [6.07, 6.45) is 1.38. The van der Waals surface area contributed by atoms with Crippen LogP contribution in [0, 0.1) is 0 Å². The summed E-state index contributed by atoms with van der Waals surface area (Å²) in [6, 6.07) is 16.7. The number of imidazole rings is 1. The highest BCUT2D eigenvalue weighted by molar-refractivity contribution is 7.98. The molecule has 0 saturated carbocycles. The predicted octanol–water partition coefficient (Wildman–Crippen LogP) is 4.59. The summed E-state index contributed by atoms with van der Waals surface area (Å²) in [5.74, 6) is -0.0785. The van der Waals surface area contributed by atoms with E-state index in [9.17, 15) is 9.59 Å². The number of pyridine rings is 1. The molecular weight excluding hydrogens is 464 g/mol. The maximum atomic E-state index is 12.5. The second kappa shape index (κ2) is 9.59. The first kappa shape index (κ1) is 22.6. The minimum atomic E-state index is -0.484. The number of amides is 2. The van der Waals surface area contributed by atoms with Gasteiger partial charge in [0.05, 0.1) is 27.7 Å². The SMILES string of the molecule is CC(C)c1noc2ncc(C(=O)NNC(=O)c3ccc(CSc4nc5ccccc5[nH]4)cc3)cc12. The Morgan fingerprint density at radius 3 is 2.51 bits per heavy atom. The number of carbonyl (C=O) groups is 2. The van der Waals surface area contributed by atoms with Gasteiger partial charge in [-0.1, -0.05) is 55.0 Å². The Labute approximate surface area is 204 Å². The fourth-order valence-corrected chi connectivity index (χ4v) is 4.39. The van der Waals surface area contributed by atoms with Gasteiger partial charge in [-0.3, -0.25) is 20.4 Å². The minimum Gasteiger partial charge on any atom is -0.336 e. The zero-order valence-corrected chi connectivity index (χ0v) is 19.8. The first-order chi connectivity index (χ1) is 17.0. The maximum Gasteiger partial charge on any atom is 0.271 e. The molecule has 3 heterocycles. The fraction of sp³-hybridized carbons (Fsp3) is 0.160. The molecule has 2 amide bonds. The van der Waals surface area contributed by atoms with Crippen LogP contribution < -0.4 is 10.9 Å². The molecular formula is C25H22N6O3S. The van der Waals surface area contributed by atoms with Crippen molar-refractivity contribution in [2.24, 2.45) is 0 Å². The molecule has 0 aliphatic rings. The molecule has 3 N–H and O–H groups in total. The minimum absolute atomic E-state index is 0.121. The lowest BCUT2D eigenvalue weighted by Gasteiger charge is -2.08. The molecule has 0 aliphatic heterocycles. The number of fused-ring (bicyclic) bond motifs is 2. The molecule has 176 valence electrons. The molecule has 0 atom stereocenters. The molecule has 0 radical (unpaired) electrons. The van der Waals surface area contributed by atoms with Crippen LogP contribution in [0.2, 0.25) is 0 Å². The second-order valence-corrected chi connectivity index (χ2v) is 9.22. The normalized spacial score (nSPS) is 11.3. The van der Waals surface area contributed by atoms with Crippen LogP contribution in [0.3, 0.4) is 0 Å². The Morgan fingerprint density at radius 1 is 1.03 bits per heavy atom. The fourth-order valence-electron chi connectivity index (χ4n) is 3.55. The van der Waals surface area contributed by atoms with Crippen LogP contribution in [0.1, 0.15) is 51.7 Å². The Balaban J connectivity index is 1.17. The van der Waals surface area contributed by atoms with Crippen LogP contribution >= 0.6 is 11.8 Å². The molecule has 5 rings (SSSR count). The van der Waals surface area contributed by atoms with E-state index in [1.165, 1.54) is 6.20 Å². The molecule has 2 aromatic carbocycles. The number of aromatic amines is 1. The molecule has 0 bridgehead atoms. The van der Waals surface area contributed by atoms with E-state index in [-0.39, 0.29) is 5.92 Å². The van der Waals surface area contributed by atoms with Crippen molar-refractivity contribution in [2.75, 3.05) is 0 Å². The predicted molar refractivity (Wildman–Crippen MR) is 133 cm³/mol. The average molecular weight is 487 g/mol. The number of H-pyrrole nitrogens is 1. The number of carbonyl (C=O) groups excluding carboxylic acids is 2. The van der Waals surface area contributed by atoms with Gasteiger partial charge in [-0.05, 0) is 41.8 Å². The Kier molecular flexibility index (Phi) is 6.19. The highest BCUT2D eigenvalue weighted by Gasteiger charge is 2.16. The van der Waals surface area contributed by atoms with E-state index in [0.29, 0.717) is 28.0 Å². The molecule has 0 aliphatic carbocycles. The van der Waals surface area contributed by atoms with Crippen molar-refractivity contribution in [3.8, 4) is 0 Å². The van der Waals surface area contributed by atoms with Gasteiger partial charge in [0.15, 0.2) is 5.16 Å². The van der Waals surface area contributed by atoms with E-state index in [0.717, 1.165) is 27.4 Å². The molecule has 0 spiro atoms. The van der Waals surface area contributed by atoms with Crippen molar-refractivity contribution < 1.29 is 14.1 Å².